The van der Waals surface area contributed by atoms with E-state index in [0.717, 1.165) is 3.57 Å². The van der Waals surface area contributed by atoms with Gasteiger partial charge in [0.2, 0.25) is 0 Å². The maximum atomic E-state index is 11.3. The number of rotatable bonds is 2. The number of benzene rings is 1. The van der Waals surface area contributed by atoms with Gasteiger partial charge in [0.05, 0.1) is 12.2 Å². The molecular weight excluding hydrogens is 283 g/mol. The number of hydrogen-bond donors (Lipinski definition) is 1. The van der Waals surface area contributed by atoms with E-state index in [4.69, 9.17) is 9.84 Å². The van der Waals surface area contributed by atoms with Gasteiger partial charge in [-0.05, 0) is 47.7 Å². The molecule has 70 valence electrons. The lowest BCUT2D eigenvalue weighted by atomic mass is 10.2. The molecule has 0 saturated carbocycles. The van der Waals surface area contributed by atoms with Crippen molar-refractivity contribution < 1.29 is 14.6 Å². The van der Waals surface area contributed by atoms with Crippen LogP contribution in [-0.2, 0) is 4.74 Å². The van der Waals surface area contributed by atoms with Gasteiger partial charge in [0.1, 0.15) is 5.75 Å². The second kappa shape index (κ2) is 4.45. The molecule has 13 heavy (non-hydrogen) atoms. The Balaban J connectivity index is 2.99. The Morgan fingerprint density at radius 2 is 2.31 bits per heavy atom. The molecular formula is C9H9IO3. The van der Waals surface area contributed by atoms with Crippen molar-refractivity contribution in [2.24, 2.45) is 0 Å². The molecule has 3 nitrogen and oxygen atoms in total. The number of esters is 1. The molecule has 0 aliphatic carbocycles. The smallest absolute Gasteiger partial charge is 0.339 e. The van der Waals surface area contributed by atoms with Crippen molar-refractivity contribution >= 4 is 28.6 Å². The predicted octanol–water partition coefficient (Wildman–Crippen LogP) is 2.17. The van der Waals surface area contributed by atoms with Crippen LogP contribution in [-0.4, -0.2) is 17.7 Å². The molecule has 0 heterocycles. The Hall–Kier alpha value is -0.780. The van der Waals surface area contributed by atoms with Crippen LogP contribution < -0.4 is 0 Å². The van der Waals surface area contributed by atoms with Crippen LogP contribution in [0, 0.1) is 3.57 Å². The molecule has 0 aliphatic rings. The van der Waals surface area contributed by atoms with Crippen molar-refractivity contribution in [3.63, 3.8) is 0 Å². The first kappa shape index (κ1) is 10.3. The van der Waals surface area contributed by atoms with Crippen LogP contribution in [0.25, 0.3) is 0 Å². The normalized spacial score (nSPS) is 9.69. The molecule has 0 aromatic heterocycles. The molecule has 0 fully saturated rings. The van der Waals surface area contributed by atoms with Crippen LogP contribution in [0.3, 0.4) is 0 Å². The van der Waals surface area contributed by atoms with Crippen molar-refractivity contribution in [3.05, 3.63) is 27.3 Å². The monoisotopic (exact) mass is 292 g/mol. The summed E-state index contributed by atoms with van der Waals surface area (Å²) in [4.78, 5) is 11.3. The lowest BCUT2D eigenvalue weighted by Gasteiger charge is -2.03. The van der Waals surface area contributed by atoms with Gasteiger partial charge in [0.25, 0.3) is 0 Å². The predicted molar refractivity (Wildman–Crippen MR) is 56.8 cm³/mol. The summed E-state index contributed by atoms with van der Waals surface area (Å²) < 4.78 is 5.58. The Morgan fingerprint density at radius 3 is 2.92 bits per heavy atom. The van der Waals surface area contributed by atoms with E-state index in [0.29, 0.717) is 12.2 Å². The van der Waals surface area contributed by atoms with E-state index in [1.807, 2.05) is 22.6 Å². The van der Waals surface area contributed by atoms with E-state index in [-0.39, 0.29) is 5.75 Å². The lowest BCUT2D eigenvalue weighted by molar-refractivity contribution is 0.0524. The summed E-state index contributed by atoms with van der Waals surface area (Å²) in [6, 6.07) is 4.60. The van der Waals surface area contributed by atoms with Gasteiger partial charge >= 0.3 is 5.97 Å². The van der Waals surface area contributed by atoms with Gasteiger partial charge in [-0.1, -0.05) is 0 Å². The average Bonchev–Trinajstić information content (AvgIpc) is 2.09. The van der Waals surface area contributed by atoms with Crippen molar-refractivity contribution in [3.8, 4) is 5.75 Å². The standard InChI is InChI=1S/C9H9IO3/c1-2-13-9(12)7-5-6(11)3-4-8(7)10/h3-5,11H,2H2,1H3. The molecule has 0 unspecified atom stereocenters. The molecule has 1 rings (SSSR count). The molecule has 1 aromatic rings. The van der Waals surface area contributed by atoms with Crippen LogP contribution in [0.15, 0.2) is 18.2 Å². The fourth-order valence-electron chi connectivity index (χ4n) is 0.879. The van der Waals surface area contributed by atoms with Crippen LogP contribution >= 0.6 is 22.6 Å². The molecule has 0 radical (unpaired) electrons. The van der Waals surface area contributed by atoms with Gasteiger partial charge in [0.15, 0.2) is 0 Å². The number of ether oxygens (including phenoxy) is 1. The number of carbonyl (C=O) groups is 1. The highest BCUT2D eigenvalue weighted by molar-refractivity contribution is 14.1. The maximum Gasteiger partial charge on any atom is 0.339 e. The first-order valence-corrected chi connectivity index (χ1v) is 4.88. The number of halogens is 1. The third-order valence-electron chi connectivity index (χ3n) is 1.45. The Labute approximate surface area is 89.9 Å². The molecule has 0 amide bonds. The zero-order chi connectivity index (χ0) is 9.84. The molecule has 0 atom stereocenters. The largest absolute Gasteiger partial charge is 0.508 e. The van der Waals surface area contributed by atoms with Crippen molar-refractivity contribution in [2.75, 3.05) is 6.61 Å². The topological polar surface area (TPSA) is 46.5 Å². The van der Waals surface area contributed by atoms with Gasteiger partial charge < -0.3 is 9.84 Å². The summed E-state index contributed by atoms with van der Waals surface area (Å²) in [7, 11) is 0. The first-order valence-electron chi connectivity index (χ1n) is 3.80. The number of phenolic OH excluding ortho intramolecular Hbond substituents is 1. The molecule has 0 spiro atoms. The highest BCUT2D eigenvalue weighted by Gasteiger charge is 2.10. The zero-order valence-electron chi connectivity index (χ0n) is 7.08. The second-order valence-corrected chi connectivity index (χ2v) is 3.55. The van der Waals surface area contributed by atoms with Crippen molar-refractivity contribution in [2.45, 2.75) is 6.92 Å². The van der Waals surface area contributed by atoms with E-state index in [9.17, 15) is 4.79 Å². The van der Waals surface area contributed by atoms with E-state index >= 15 is 0 Å². The number of aromatic hydroxyl groups is 1. The van der Waals surface area contributed by atoms with Crippen molar-refractivity contribution in [1.29, 1.82) is 0 Å². The zero-order valence-corrected chi connectivity index (χ0v) is 9.24. The Kier molecular flexibility index (Phi) is 3.53. The third kappa shape index (κ3) is 2.58. The SMILES string of the molecule is CCOC(=O)c1cc(O)ccc1I. The number of hydrogen-bond acceptors (Lipinski definition) is 3. The molecule has 1 N–H and O–H groups in total. The summed E-state index contributed by atoms with van der Waals surface area (Å²) >= 11 is 2.02. The minimum absolute atomic E-state index is 0.0727. The summed E-state index contributed by atoms with van der Waals surface area (Å²) in [5.74, 6) is -0.328. The van der Waals surface area contributed by atoms with Gasteiger partial charge in [-0.25, -0.2) is 4.79 Å². The number of carbonyl (C=O) groups excluding carboxylic acids is 1. The maximum absolute atomic E-state index is 11.3. The third-order valence-corrected chi connectivity index (χ3v) is 2.39. The van der Waals surface area contributed by atoms with Crippen LogP contribution in [0.2, 0.25) is 0 Å². The van der Waals surface area contributed by atoms with Gasteiger partial charge in [-0.2, -0.15) is 0 Å². The summed E-state index contributed by atoms with van der Waals surface area (Å²) in [6.07, 6.45) is 0. The minimum atomic E-state index is -0.400. The second-order valence-electron chi connectivity index (χ2n) is 2.38. The van der Waals surface area contributed by atoms with Gasteiger partial charge in [-0.15, -0.1) is 0 Å². The Bertz CT molecular complexity index is 323. The van der Waals surface area contributed by atoms with E-state index < -0.39 is 5.97 Å². The molecule has 0 saturated heterocycles. The molecule has 4 heteroatoms. The first-order chi connectivity index (χ1) is 6.15. The highest BCUT2D eigenvalue weighted by atomic mass is 127. The number of phenols is 1. The van der Waals surface area contributed by atoms with Crippen LogP contribution in [0.4, 0.5) is 0 Å². The van der Waals surface area contributed by atoms with E-state index in [2.05, 4.69) is 0 Å². The quantitative estimate of drug-likeness (QED) is 0.671. The highest BCUT2D eigenvalue weighted by Crippen LogP contribution is 2.19. The molecule has 1 aromatic carbocycles. The summed E-state index contributed by atoms with van der Waals surface area (Å²) in [5, 5.41) is 9.14. The van der Waals surface area contributed by atoms with Crippen molar-refractivity contribution in [1.82, 2.24) is 0 Å². The van der Waals surface area contributed by atoms with E-state index in [1.54, 1.807) is 13.0 Å². The molecule has 0 aliphatic heterocycles. The fraction of sp³-hybridized carbons (Fsp3) is 0.222. The lowest BCUT2D eigenvalue weighted by Crippen LogP contribution is -2.06. The summed E-state index contributed by atoms with van der Waals surface area (Å²) in [5.41, 5.74) is 0.405. The van der Waals surface area contributed by atoms with E-state index in [1.165, 1.54) is 12.1 Å². The van der Waals surface area contributed by atoms with Crippen LogP contribution in [0.5, 0.6) is 5.75 Å². The molecule has 0 bridgehead atoms. The van der Waals surface area contributed by atoms with Gasteiger partial charge in [-0.3, -0.25) is 0 Å². The summed E-state index contributed by atoms with van der Waals surface area (Å²) in [6.45, 7) is 2.08. The fourth-order valence-corrected chi connectivity index (χ4v) is 1.43. The van der Waals surface area contributed by atoms with Gasteiger partial charge in [0, 0.05) is 3.57 Å². The van der Waals surface area contributed by atoms with Crippen LogP contribution in [0.1, 0.15) is 17.3 Å². The minimum Gasteiger partial charge on any atom is -0.508 e. The Morgan fingerprint density at radius 1 is 1.62 bits per heavy atom. The average molecular weight is 292 g/mol.